The summed E-state index contributed by atoms with van der Waals surface area (Å²) in [6, 6.07) is 13.1. The Hall–Kier alpha value is -3.48. The molecule has 4 aromatic rings. The number of carbonyl (C=O) groups is 1. The van der Waals surface area contributed by atoms with Crippen molar-refractivity contribution in [3.8, 4) is 0 Å². The molecule has 0 bridgehead atoms. The van der Waals surface area contributed by atoms with Crippen LogP contribution in [0.3, 0.4) is 0 Å². The first-order valence-electron chi connectivity index (χ1n) is 8.23. The predicted molar refractivity (Wildman–Crippen MR) is 99.3 cm³/mol. The van der Waals surface area contributed by atoms with Crippen LogP contribution in [0.15, 0.2) is 53.6 Å². The highest BCUT2D eigenvalue weighted by molar-refractivity contribution is 5.92. The molecule has 0 aliphatic carbocycles. The van der Waals surface area contributed by atoms with E-state index in [4.69, 9.17) is 0 Å². The summed E-state index contributed by atoms with van der Waals surface area (Å²) in [6.07, 6.45) is 1.44. The lowest BCUT2D eigenvalue weighted by Crippen LogP contribution is -2.28. The number of aryl methyl sites for hydroxylation is 2. The highest BCUT2D eigenvalue weighted by atomic mass is 16.2. The normalized spacial score (nSPS) is 11.2. The summed E-state index contributed by atoms with van der Waals surface area (Å²) in [7, 11) is 0. The third-order valence-electron chi connectivity index (χ3n) is 4.41. The van der Waals surface area contributed by atoms with E-state index in [0.29, 0.717) is 11.3 Å². The summed E-state index contributed by atoms with van der Waals surface area (Å²) in [5.74, 6) is -0.309. The highest BCUT2D eigenvalue weighted by Crippen LogP contribution is 2.15. The zero-order valence-electron chi connectivity index (χ0n) is 14.4. The zero-order chi connectivity index (χ0) is 18.3. The van der Waals surface area contributed by atoms with Gasteiger partial charge in [0.2, 0.25) is 5.91 Å². The molecule has 7 nitrogen and oxygen atoms in total. The Morgan fingerprint density at radius 1 is 1.12 bits per heavy atom. The van der Waals surface area contributed by atoms with Crippen LogP contribution >= 0.6 is 0 Å². The first-order valence-corrected chi connectivity index (χ1v) is 8.23. The molecule has 4 rings (SSSR count). The largest absolute Gasteiger partial charge is 0.352 e. The molecule has 0 saturated heterocycles. The minimum atomic E-state index is -0.395. The molecular weight excluding hydrogens is 330 g/mol. The summed E-state index contributed by atoms with van der Waals surface area (Å²) in [5, 5.41) is 7.89. The van der Waals surface area contributed by atoms with Gasteiger partial charge in [-0.3, -0.25) is 4.79 Å². The fourth-order valence-corrected chi connectivity index (χ4v) is 2.86. The van der Waals surface area contributed by atoms with Crippen LogP contribution < -0.4 is 11.0 Å². The van der Waals surface area contributed by atoms with E-state index in [0.717, 1.165) is 26.7 Å². The predicted octanol–water partition coefficient (Wildman–Crippen LogP) is 2.30. The van der Waals surface area contributed by atoms with Gasteiger partial charge < -0.3 is 5.32 Å². The molecule has 0 radical (unpaired) electrons. The molecule has 0 fully saturated rings. The van der Waals surface area contributed by atoms with Gasteiger partial charge in [-0.15, -0.1) is 5.10 Å². The molecule has 0 spiro atoms. The number of hydrogen-bond donors (Lipinski definition) is 1. The smallest absolute Gasteiger partial charge is 0.324 e. The minimum absolute atomic E-state index is 0.165. The molecule has 0 atom stereocenters. The lowest BCUT2D eigenvalue weighted by atomic mass is 10.1. The van der Waals surface area contributed by atoms with Gasteiger partial charge in [-0.2, -0.15) is 0 Å². The Balaban J connectivity index is 1.65. The topological polar surface area (TPSA) is 81.3 Å². The maximum Gasteiger partial charge on any atom is 0.352 e. The summed E-state index contributed by atoms with van der Waals surface area (Å²) in [4.78, 5) is 29.1. The van der Waals surface area contributed by atoms with E-state index in [-0.39, 0.29) is 12.5 Å². The molecule has 2 heterocycles. The molecule has 2 aromatic heterocycles. The summed E-state index contributed by atoms with van der Waals surface area (Å²) in [5.41, 5.74) is 3.77. The quantitative estimate of drug-likeness (QED) is 0.616. The van der Waals surface area contributed by atoms with Gasteiger partial charge in [0.25, 0.3) is 0 Å². The number of anilines is 1. The summed E-state index contributed by atoms with van der Waals surface area (Å²) in [6.45, 7) is 3.83. The highest BCUT2D eigenvalue weighted by Gasteiger charge is 2.13. The van der Waals surface area contributed by atoms with Crippen molar-refractivity contribution in [2.45, 2.75) is 20.4 Å². The number of para-hydroxylation sites is 1. The van der Waals surface area contributed by atoms with Crippen molar-refractivity contribution in [2.75, 3.05) is 5.32 Å². The number of fused-ring (bicyclic) bond motifs is 3. The van der Waals surface area contributed by atoms with Gasteiger partial charge >= 0.3 is 5.69 Å². The van der Waals surface area contributed by atoms with Gasteiger partial charge in [-0.25, -0.2) is 18.9 Å². The summed E-state index contributed by atoms with van der Waals surface area (Å²) >= 11 is 0. The molecule has 0 aliphatic heterocycles. The van der Waals surface area contributed by atoms with Crippen LogP contribution in [0.2, 0.25) is 0 Å². The van der Waals surface area contributed by atoms with Crippen LogP contribution in [-0.2, 0) is 11.3 Å². The van der Waals surface area contributed by atoms with Gasteiger partial charge in [0.05, 0.1) is 5.52 Å². The third kappa shape index (κ3) is 2.73. The van der Waals surface area contributed by atoms with Crippen molar-refractivity contribution >= 4 is 28.1 Å². The number of amides is 1. The number of nitrogens with one attached hydrogen (secondary N) is 1. The van der Waals surface area contributed by atoms with Gasteiger partial charge in [0, 0.05) is 11.1 Å². The maximum atomic E-state index is 12.5. The molecule has 0 saturated carbocycles. The van der Waals surface area contributed by atoms with Crippen LogP contribution in [0.25, 0.3) is 16.6 Å². The van der Waals surface area contributed by atoms with Gasteiger partial charge in [-0.05, 0) is 49.2 Å². The first-order chi connectivity index (χ1) is 12.5. The van der Waals surface area contributed by atoms with Crippen molar-refractivity contribution < 1.29 is 4.79 Å². The molecule has 26 heavy (non-hydrogen) atoms. The third-order valence-corrected chi connectivity index (χ3v) is 4.41. The van der Waals surface area contributed by atoms with Crippen molar-refractivity contribution in [3.63, 3.8) is 0 Å². The van der Waals surface area contributed by atoms with Gasteiger partial charge in [0.1, 0.15) is 12.9 Å². The Labute approximate surface area is 148 Å². The first kappa shape index (κ1) is 16.0. The van der Waals surface area contributed by atoms with Crippen LogP contribution in [0.1, 0.15) is 11.1 Å². The SMILES string of the molecule is Cc1ccc(NC(=O)Cn2nc3c4ccccc4ncn3c2=O)cc1C. The second kappa shape index (κ2) is 6.11. The lowest BCUT2D eigenvalue weighted by molar-refractivity contribution is -0.117. The minimum Gasteiger partial charge on any atom is -0.324 e. The summed E-state index contributed by atoms with van der Waals surface area (Å²) < 4.78 is 2.51. The van der Waals surface area contributed by atoms with E-state index in [9.17, 15) is 9.59 Å². The van der Waals surface area contributed by atoms with Crippen molar-refractivity contribution in [1.29, 1.82) is 0 Å². The Kier molecular flexibility index (Phi) is 3.76. The van der Waals surface area contributed by atoms with Gasteiger partial charge in [0.15, 0.2) is 5.65 Å². The fraction of sp³-hybridized carbons (Fsp3) is 0.158. The second-order valence-electron chi connectivity index (χ2n) is 6.24. The van der Waals surface area contributed by atoms with E-state index in [1.807, 2.05) is 56.3 Å². The van der Waals surface area contributed by atoms with E-state index in [2.05, 4.69) is 15.4 Å². The number of aromatic nitrogens is 4. The standard InChI is InChI=1S/C19H17N5O2/c1-12-7-8-14(9-13(12)2)21-17(25)10-24-19(26)23-11-20-16-6-4-3-5-15(16)18(23)22-24/h3-9,11H,10H2,1-2H3,(H,21,25). The molecule has 1 amide bonds. The number of nitrogens with zero attached hydrogens (tertiary/aromatic N) is 4. The number of hydrogen-bond acceptors (Lipinski definition) is 4. The van der Waals surface area contributed by atoms with Crippen molar-refractivity contribution in [1.82, 2.24) is 19.2 Å². The molecule has 1 N–H and O–H groups in total. The number of benzene rings is 2. The van der Waals surface area contributed by atoms with Crippen LogP contribution in [0.5, 0.6) is 0 Å². The molecule has 7 heteroatoms. The van der Waals surface area contributed by atoms with Crippen LogP contribution in [-0.4, -0.2) is 25.1 Å². The lowest BCUT2D eigenvalue weighted by Gasteiger charge is -2.07. The Morgan fingerprint density at radius 2 is 1.92 bits per heavy atom. The van der Waals surface area contributed by atoms with Crippen LogP contribution in [0.4, 0.5) is 5.69 Å². The molecule has 130 valence electrons. The van der Waals surface area contributed by atoms with Crippen molar-refractivity contribution in [2.24, 2.45) is 0 Å². The Bertz CT molecular complexity index is 1210. The molecular formula is C19H17N5O2. The van der Waals surface area contributed by atoms with E-state index >= 15 is 0 Å². The number of rotatable bonds is 3. The maximum absolute atomic E-state index is 12.5. The van der Waals surface area contributed by atoms with E-state index in [1.54, 1.807) is 0 Å². The molecule has 0 unspecified atom stereocenters. The molecule has 0 aliphatic rings. The van der Waals surface area contributed by atoms with Crippen LogP contribution in [0, 0.1) is 13.8 Å². The van der Waals surface area contributed by atoms with E-state index in [1.165, 1.54) is 10.7 Å². The average molecular weight is 347 g/mol. The zero-order valence-corrected chi connectivity index (χ0v) is 14.4. The monoisotopic (exact) mass is 347 g/mol. The fourth-order valence-electron chi connectivity index (χ4n) is 2.86. The molecule has 2 aromatic carbocycles. The van der Waals surface area contributed by atoms with E-state index < -0.39 is 5.69 Å². The second-order valence-corrected chi connectivity index (χ2v) is 6.24. The Morgan fingerprint density at radius 3 is 2.73 bits per heavy atom. The van der Waals surface area contributed by atoms with Crippen molar-refractivity contribution in [3.05, 3.63) is 70.4 Å². The average Bonchev–Trinajstić information content (AvgIpc) is 2.94. The number of carbonyl (C=O) groups excluding carboxylic acids is 1. The van der Waals surface area contributed by atoms with Gasteiger partial charge in [-0.1, -0.05) is 18.2 Å².